The zero-order valence-corrected chi connectivity index (χ0v) is 23.1. The molecular formula is C28H32N6O3S. The third-order valence-electron chi connectivity index (χ3n) is 6.97. The summed E-state index contributed by atoms with van der Waals surface area (Å²) >= 11 is 0. The summed E-state index contributed by atoms with van der Waals surface area (Å²) in [5, 5.41) is -0.497. The number of likely N-dealkylation sites (N-methyl/N-ethyl adjacent to an activating group) is 2. The Bertz CT molecular complexity index is 1610. The number of aromatic amines is 1. The number of hydrogen-bond donors (Lipinski definition) is 1. The summed E-state index contributed by atoms with van der Waals surface area (Å²) in [6, 6.07) is 12.7. The molecule has 9 nitrogen and oxygen atoms in total. The van der Waals surface area contributed by atoms with Crippen LogP contribution in [-0.2, 0) is 16.4 Å². The van der Waals surface area contributed by atoms with Crippen LogP contribution in [0.2, 0.25) is 0 Å². The van der Waals surface area contributed by atoms with Gasteiger partial charge in [-0.05, 0) is 63.8 Å². The van der Waals surface area contributed by atoms with E-state index in [2.05, 4.69) is 47.0 Å². The molecule has 1 aliphatic rings. The third-order valence-corrected chi connectivity index (χ3v) is 9.14. The lowest BCUT2D eigenvalue weighted by Crippen LogP contribution is -2.28. The number of sulfone groups is 1. The van der Waals surface area contributed by atoms with Crippen molar-refractivity contribution in [2.24, 2.45) is 0 Å². The van der Waals surface area contributed by atoms with Crippen LogP contribution in [0.1, 0.15) is 29.8 Å². The van der Waals surface area contributed by atoms with Crippen molar-refractivity contribution in [3.05, 3.63) is 66.0 Å². The minimum atomic E-state index is -3.36. The van der Waals surface area contributed by atoms with E-state index in [1.807, 2.05) is 12.1 Å². The summed E-state index contributed by atoms with van der Waals surface area (Å²) < 4.78 is 25.0. The second-order valence-corrected chi connectivity index (χ2v) is 12.7. The van der Waals surface area contributed by atoms with Crippen LogP contribution in [0.15, 0.2) is 59.8 Å². The molecule has 4 aromatic rings. The molecule has 0 bridgehead atoms. The molecule has 198 valence electrons. The molecule has 1 aliphatic heterocycles. The number of amides is 1. The van der Waals surface area contributed by atoms with Gasteiger partial charge in [-0.3, -0.25) is 4.79 Å². The summed E-state index contributed by atoms with van der Waals surface area (Å²) in [7, 11) is 2.80. The second-order valence-electron chi connectivity index (χ2n) is 10.2. The van der Waals surface area contributed by atoms with E-state index in [-0.39, 0.29) is 10.8 Å². The van der Waals surface area contributed by atoms with Crippen LogP contribution in [0.5, 0.6) is 0 Å². The third kappa shape index (κ3) is 4.65. The number of carbonyl (C=O) groups is 1. The van der Waals surface area contributed by atoms with Crippen LogP contribution < -0.4 is 9.80 Å². The first-order valence-electron chi connectivity index (χ1n) is 12.6. The maximum Gasteiger partial charge on any atom is 0.259 e. The van der Waals surface area contributed by atoms with E-state index < -0.39 is 15.1 Å². The molecule has 0 aliphatic carbocycles. The lowest BCUT2D eigenvalue weighted by Gasteiger charge is -2.22. The predicted octanol–water partition coefficient (Wildman–Crippen LogP) is 3.97. The molecule has 0 atom stereocenters. The first-order chi connectivity index (χ1) is 18.1. The number of nitrogens with one attached hydrogen (secondary N) is 1. The number of hydrogen-bond acceptors (Lipinski definition) is 7. The molecular weight excluding hydrogens is 500 g/mol. The van der Waals surface area contributed by atoms with Gasteiger partial charge in [0.1, 0.15) is 5.52 Å². The smallest absolute Gasteiger partial charge is 0.259 e. The van der Waals surface area contributed by atoms with E-state index in [9.17, 15) is 13.2 Å². The fraction of sp³-hybridized carbons (Fsp3) is 0.321. The number of benzene rings is 2. The number of fused-ring (bicyclic) bond motifs is 2. The SMILES string of the molecule is CC(C)S(=O)(=O)c1ccc(-c2cnc3[nH]cc(N4Cc5cc(N(C)CCN(C)C)ccc5C4=O)c3n2)cc1. The molecule has 2 aromatic heterocycles. The molecule has 0 saturated heterocycles. The predicted molar refractivity (Wildman–Crippen MR) is 150 cm³/mol. The van der Waals surface area contributed by atoms with Crippen molar-refractivity contribution in [3.8, 4) is 11.3 Å². The van der Waals surface area contributed by atoms with Gasteiger partial charge in [0.05, 0.1) is 34.3 Å². The minimum absolute atomic E-state index is 0.0705. The monoisotopic (exact) mass is 532 g/mol. The van der Waals surface area contributed by atoms with Crippen molar-refractivity contribution in [3.63, 3.8) is 0 Å². The van der Waals surface area contributed by atoms with Gasteiger partial charge in [0.25, 0.3) is 5.91 Å². The first kappa shape index (κ1) is 25.9. The lowest BCUT2D eigenvalue weighted by molar-refractivity contribution is 0.0997. The van der Waals surface area contributed by atoms with Gasteiger partial charge in [-0.2, -0.15) is 0 Å². The van der Waals surface area contributed by atoms with E-state index in [0.29, 0.717) is 34.7 Å². The maximum atomic E-state index is 13.4. The highest BCUT2D eigenvalue weighted by molar-refractivity contribution is 7.92. The average Bonchev–Trinajstić information content (AvgIpc) is 3.46. The van der Waals surface area contributed by atoms with E-state index in [4.69, 9.17) is 4.98 Å². The van der Waals surface area contributed by atoms with Crippen molar-refractivity contribution in [1.82, 2.24) is 19.9 Å². The molecule has 0 fully saturated rings. The number of nitrogens with zero attached hydrogens (tertiary/aromatic N) is 5. The van der Waals surface area contributed by atoms with Crippen LogP contribution >= 0.6 is 0 Å². The maximum absolute atomic E-state index is 13.4. The molecule has 0 saturated carbocycles. The molecule has 5 rings (SSSR count). The zero-order valence-electron chi connectivity index (χ0n) is 22.3. The quantitative estimate of drug-likeness (QED) is 0.366. The Kier molecular flexibility index (Phi) is 6.70. The van der Waals surface area contributed by atoms with E-state index >= 15 is 0 Å². The van der Waals surface area contributed by atoms with Gasteiger partial charge in [-0.15, -0.1) is 0 Å². The number of rotatable bonds is 8. The van der Waals surface area contributed by atoms with E-state index in [0.717, 1.165) is 29.9 Å². The Hall–Kier alpha value is -3.76. The van der Waals surface area contributed by atoms with E-state index in [1.165, 1.54) is 0 Å². The van der Waals surface area contributed by atoms with Crippen LogP contribution in [0.25, 0.3) is 22.4 Å². The summed E-state index contributed by atoms with van der Waals surface area (Å²) in [5.41, 5.74) is 5.92. The lowest BCUT2D eigenvalue weighted by atomic mass is 10.1. The molecule has 0 radical (unpaired) electrons. The summed E-state index contributed by atoms with van der Waals surface area (Å²) in [5.74, 6) is -0.0705. The highest BCUT2D eigenvalue weighted by atomic mass is 32.2. The molecule has 10 heteroatoms. The fourth-order valence-corrected chi connectivity index (χ4v) is 5.59. The van der Waals surface area contributed by atoms with Gasteiger partial charge < -0.3 is 19.7 Å². The van der Waals surface area contributed by atoms with Crippen LogP contribution in [-0.4, -0.2) is 73.7 Å². The van der Waals surface area contributed by atoms with Gasteiger partial charge in [0.2, 0.25) is 0 Å². The van der Waals surface area contributed by atoms with Crippen LogP contribution in [0.4, 0.5) is 11.4 Å². The van der Waals surface area contributed by atoms with Gasteiger partial charge in [0, 0.05) is 43.1 Å². The summed E-state index contributed by atoms with van der Waals surface area (Å²) in [6.07, 6.45) is 3.41. The molecule has 3 heterocycles. The van der Waals surface area contributed by atoms with Gasteiger partial charge in [-0.25, -0.2) is 18.4 Å². The van der Waals surface area contributed by atoms with Crippen LogP contribution in [0.3, 0.4) is 0 Å². The Morgan fingerprint density at radius 3 is 2.47 bits per heavy atom. The fourth-order valence-electron chi connectivity index (χ4n) is 4.53. The Morgan fingerprint density at radius 2 is 1.79 bits per heavy atom. The van der Waals surface area contributed by atoms with Gasteiger partial charge in [0.15, 0.2) is 15.5 Å². The second kappa shape index (κ2) is 9.85. The van der Waals surface area contributed by atoms with Crippen molar-refractivity contribution in [2.75, 3.05) is 44.0 Å². The molecule has 2 aromatic carbocycles. The Balaban J connectivity index is 1.43. The normalized spacial score (nSPS) is 13.7. The van der Waals surface area contributed by atoms with Crippen molar-refractivity contribution in [2.45, 2.75) is 30.5 Å². The summed E-state index contributed by atoms with van der Waals surface area (Å²) in [4.78, 5) is 32.1. The molecule has 0 unspecified atom stereocenters. The number of aromatic nitrogens is 3. The first-order valence-corrected chi connectivity index (χ1v) is 14.1. The number of carbonyl (C=O) groups excluding carboxylic acids is 1. The molecule has 0 spiro atoms. The zero-order chi connectivity index (χ0) is 27.2. The molecule has 1 N–H and O–H groups in total. The Labute approximate surface area is 223 Å². The Morgan fingerprint density at radius 1 is 1.05 bits per heavy atom. The van der Waals surface area contributed by atoms with Crippen molar-refractivity contribution >= 4 is 38.3 Å². The van der Waals surface area contributed by atoms with E-state index in [1.54, 1.807) is 55.4 Å². The highest BCUT2D eigenvalue weighted by Crippen LogP contribution is 2.35. The number of anilines is 2. The standard InChI is InChI=1S/C28H32N6O3S/c1-18(2)38(36,37)22-9-6-19(7-10-22)24-15-29-27-26(31-24)25(16-30-27)34-17-20-14-21(8-11-23(20)28(34)35)33(5)13-12-32(3)4/h6-11,14-16,18H,12-13,17H2,1-5H3,(H,29,30). The molecule has 38 heavy (non-hydrogen) atoms. The van der Waals surface area contributed by atoms with Crippen molar-refractivity contribution < 1.29 is 13.2 Å². The molecule has 1 amide bonds. The summed E-state index contributed by atoms with van der Waals surface area (Å²) in [6.45, 7) is 5.60. The van der Waals surface area contributed by atoms with Gasteiger partial charge in [-0.1, -0.05) is 12.1 Å². The average molecular weight is 533 g/mol. The largest absolute Gasteiger partial charge is 0.373 e. The number of H-pyrrole nitrogens is 1. The van der Waals surface area contributed by atoms with Crippen LogP contribution in [0, 0.1) is 0 Å². The van der Waals surface area contributed by atoms with Crippen molar-refractivity contribution in [1.29, 1.82) is 0 Å². The minimum Gasteiger partial charge on any atom is -0.373 e. The van der Waals surface area contributed by atoms with Gasteiger partial charge >= 0.3 is 0 Å². The highest BCUT2D eigenvalue weighted by Gasteiger charge is 2.31. The topological polar surface area (TPSA) is 102 Å².